The van der Waals surface area contributed by atoms with Crippen LogP contribution in [0.15, 0.2) is 12.7 Å². The summed E-state index contributed by atoms with van der Waals surface area (Å²) in [4.78, 5) is 21.1. The predicted molar refractivity (Wildman–Crippen MR) is 58.1 cm³/mol. The zero-order valence-corrected chi connectivity index (χ0v) is 9.19. The molecule has 96 valence electrons. The number of carbonyl (C=O) groups is 1. The Morgan fingerprint density at radius 3 is 2.89 bits per heavy atom. The minimum Gasteiger partial charge on any atom is -0.479 e. The van der Waals surface area contributed by atoms with Crippen LogP contribution < -0.4 is 10.3 Å². The number of hydrogen-bond acceptors (Lipinski definition) is 6. The van der Waals surface area contributed by atoms with Crippen LogP contribution in [0.2, 0.25) is 0 Å². The summed E-state index contributed by atoms with van der Waals surface area (Å²) in [6.45, 7) is -0.165. The number of nitrogen functional groups attached to an aromatic ring is 1. The summed E-state index contributed by atoms with van der Waals surface area (Å²) in [5, 5.41) is 27.3. The first-order valence-electron chi connectivity index (χ1n) is 5.06. The molecule has 2 aromatic heterocycles. The van der Waals surface area contributed by atoms with Gasteiger partial charge in [-0.25, -0.2) is 9.36 Å². The normalized spacial score (nSPS) is 14.6. The average molecular weight is 254 g/mol. The molecule has 0 aromatic carbocycles. The summed E-state index contributed by atoms with van der Waals surface area (Å²) in [5.74, 6) is -1.25. The lowest BCUT2D eigenvalue weighted by Gasteiger charge is -2.12. The van der Waals surface area contributed by atoms with Gasteiger partial charge in [-0.3, -0.25) is 0 Å². The summed E-state index contributed by atoms with van der Waals surface area (Å²) in [7, 11) is 0. The van der Waals surface area contributed by atoms with Gasteiger partial charge in [0.05, 0.1) is 0 Å². The first-order chi connectivity index (χ1) is 8.50. The lowest BCUT2D eigenvalue weighted by atomic mass is 10.2. The van der Waals surface area contributed by atoms with Gasteiger partial charge in [0.25, 0.3) is 5.65 Å². The number of fused-ring (bicyclic) bond motifs is 1. The lowest BCUT2D eigenvalue weighted by Crippen LogP contribution is -2.47. The number of aromatic amines is 1. The number of nitrogens with two attached hydrogens (primary N) is 1. The van der Waals surface area contributed by atoms with E-state index in [0.29, 0.717) is 11.2 Å². The quantitative estimate of drug-likeness (QED) is 0.383. The second-order valence-corrected chi connectivity index (χ2v) is 3.73. The summed E-state index contributed by atoms with van der Waals surface area (Å²) in [5.41, 5.74) is 6.50. The summed E-state index contributed by atoms with van der Waals surface area (Å²) < 4.78 is 1.40. The van der Waals surface area contributed by atoms with Crippen LogP contribution in [0.5, 0.6) is 0 Å². The molecule has 2 atom stereocenters. The highest BCUT2D eigenvalue weighted by atomic mass is 16.4. The number of carboxylic acids is 1. The van der Waals surface area contributed by atoms with E-state index in [1.54, 1.807) is 0 Å². The number of H-pyrrole nitrogens is 1. The zero-order valence-electron chi connectivity index (χ0n) is 9.19. The Labute approximate surface area is 101 Å². The first kappa shape index (κ1) is 12.2. The van der Waals surface area contributed by atoms with Gasteiger partial charge in [0.15, 0.2) is 17.9 Å². The molecule has 9 heteroatoms. The van der Waals surface area contributed by atoms with E-state index in [2.05, 4.69) is 15.0 Å². The van der Waals surface area contributed by atoms with Crippen LogP contribution in [-0.2, 0) is 11.3 Å². The highest BCUT2D eigenvalue weighted by Crippen LogP contribution is 2.09. The molecule has 0 radical (unpaired) electrons. The van der Waals surface area contributed by atoms with E-state index in [-0.39, 0.29) is 12.4 Å². The van der Waals surface area contributed by atoms with Crippen LogP contribution in [0, 0.1) is 0 Å². The van der Waals surface area contributed by atoms with Crippen molar-refractivity contribution in [3.8, 4) is 0 Å². The minimum absolute atomic E-state index is 0.165. The number of imidazole rings is 1. The van der Waals surface area contributed by atoms with Gasteiger partial charge in [-0.15, -0.1) is 0 Å². The Bertz CT molecular complexity index is 583. The van der Waals surface area contributed by atoms with Crippen molar-refractivity contribution in [1.82, 2.24) is 15.0 Å². The Balaban J connectivity index is 2.30. The Morgan fingerprint density at radius 2 is 2.22 bits per heavy atom. The number of nitrogens with one attached hydrogen (secondary N) is 1. The molecule has 2 aromatic rings. The fourth-order valence-corrected chi connectivity index (χ4v) is 1.54. The number of aliphatic hydroxyl groups is 2. The smallest absolute Gasteiger partial charge is 0.335 e. The molecule has 0 aliphatic carbocycles. The molecular weight excluding hydrogens is 242 g/mol. The molecule has 0 aliphatic rings. The number of rotatable bonds is 4. The molecule has 18 heavy (non-hydrogen) atoms. The van der Waals surface area contributed by atoms with Crippen molar-refractivity contribution in [2.75, 3.05) is 5.73 Å². The average Bonchev–Trinajstić information content (AvgIpc) is 2.81. The minimum atomic E-state index is -1.87. The SMILES string of the molecule is Nc1nc[n+](C[C@H](O)[C@H](O)C(=O)O)c2nc[nH]c12. The number of carboxylic acid groups (broad SMARTS) is 1. The third kappa shape index (κ3) is 2.08. The molecule has 9 nitrogen and oxygen atoms in total. The van der Waals surface area contributed by atoms with Gasteiger partial charge >= 0.3 is 5.97 Å². The topological polar surface area (TPSA) is 149 Å². The fourth-order valence-electron chi connectivity index (χ4n) is 1.54. The van der Waals surface area contributed by atoms with Crippen LogP contribution in [0.3, 0.4) is 0 Å². The fraction of sp³-hybridized carbons (Fsp3) is 0.333. The van der Waals surface area contributed by atoms with Gasteiger partial charge in [-0.2, -0.15) is 0 Å². The number of aromatic nitrogens is 4. The molecule has 0 spiro atoms. The molecule has 0 unspecified atom stereocenters. The van der Waals surface area contributed by atoms with Crippen LogP contribution in [0.25, 0.3) is 11.2 Å². The van der Waals surface area contributed by atoms with E-state index >= 15 is 0 Å². The molecule has 0 amide bonds. The van der Waals surface area contributed by atoms with E-state index < -0.39 is 18.2 Å². The third-order valence-electron chi connectivity index (χ3n) is 2.48. The maximum Gasteiger partial charge on any atom is 0.335 e. The molecule has 2 rings (SSSR count). The molecule has 0 saturated carbocycles. The first-order valence-corrected chi connectivity index (χ1v) is 5.06. The number of hydrogen-bond donors (Lipinski definition) is 5. The lowest BCUT2D eigenvalue weighted by molar-refractivity contribution is -0.683. The largest absolute Gasteiger partial charge is 0.479 e. The van der Waals surface area contributed by atoms with Crippen LogP contribution >= 0.6 is 0 Å². The number of aliphatic carboxylic acids is 1. The zero-order chi connectivity index (χ0) is 13.3. The third-order valence-corrected chi connectivity index (χ3v) is 2.48. The molecule has 2 heterocycles. The molecule has 0 bridgehead atoms. The Morgan fingerprint density at radius 1 is 1.50 bits per heavy atom. The summed E-state index contributed by atoms with van der Waals surface area (Å²) >= 11 is 0. The van der Waals surface area contributed by atoms with Gasteiger partial charge in [-0.05, 0) is 0 Å². The van der Waals surface area contributed by atoms with E-state index in [9.17, 15) is 15.0 Å². The van der Waals surface area contributed by atoms with Crippen molar-refractivity contribution in [3.05, 3.63) is 12.7 Å². The van der Waals surface area contributed by atoms with Crippen molar-refractivity contribution in [1.29, 1.82) is 0 Å². The molecule has 0 saturated heterocycles. The Hall–Kier alpha value is -2.26. The molecule has 6 N–H and O–H groups in total. The van der Waals surface area contributed by atoms with Crippen molar-refractivity contribution in [2.24, 2.45) is 0 Å². The van der Waals surface area contributed by atoms with Crippen molar-refractivity contribution in [2.45, 2.75) is 18.8 Å². The maximum absolute atomic E-state index is 10.5. The summed E-state index contributed by atoms with van der Waals surface area (Å²) in [6.07, 6.45) is -0.628. The van der Waals surface area contributed by atoms with Crippen LogP contribution in [-0.4, -0.2) is 48.4 Å². The second kappa shape index (κ2) is 4.55. The van der Waals surface area contributed by atoms with Crippen LogP contribution in [0.4, 0.5) is 5.82 Å². The van der Waals surface area contributed by atoms with Crippen LogP contribution in [0.1, 0.15) is 0 Å². The molecular formula is C9H12N5O4+. The van der Waals surface area contributed by atoms with E-state index in [0.717, 1.165) is 0 Å². The molecule has 0 aliphatic heterocycles. The second-order valence-electron chi connectivity index (χ2n) is 3.73. The van der Waals surface area contributed by atoms with E-state index in [4.69, 9.17) is 10.8 Å². The number of nitrogens with zero attached hydrogens (tertiary/aromatic N) is 3. The Kier molecular flexibility index (Phi) is 3.08. The van der Waals surface area contributed by atoms with Crippen molar-refractivity contribution < 1.29 is 24.7 Å². The molecule has 0 fully saturated rings. The summed E-state index contributed by atoms with van der Waals surface area (Å²) in [6, 6.07) is 0. The van der Waals surface area contributed by atoms with Gasteiger partial charge in [0.2, 0.25) is 12.1 Å². The highest BCUT2D eigenvalue weighted by Gasteiger charge is 2.26. The predicted octanol–water partition coefficient (Wildman–Crippen LogP) is -2.37. The standard InChI is InChI=1S/C9H11N5O4/c10-7-5-8(12-2-11-5)14(3-13-7)1-4(15)6(16)9(17)18/h2-4,6,15-16H,1H2,(H3,10,11,12,17,18)/p+1/t4-,6-/m0/s1. The van der Waals surface area contributed by atoms with Gasteiger partial charge in [0.1, 0.15) is 12.6 Å². The van der Waals surface area contributed by atoms with Crippen molar-refractivity contribution >= 4 is 23.0 Å². The van der Waals surface area contributed by atoms with E-state index in [1.165, 1.54) is 17.2 Å². The number of anilines is 1. The highest BCUT2D eigenvalue weighted by molar-refractivity contribution is 5.78. The van der Waals surface area contributed by atoms with Gasteiger partial charge in [0, 0.05) is 0 Å². The van der Waals surface area contributed by atoms with Gasteiger partial charge < -0.3 is 26.0 Å². The van der Waals surface area contributed by atoms with Gasteiger partial charge in [-0.1, -0.05) is 9.97 Å². The maximum atomic E-state index is 10.5. The van der Waals surface area contributed by atoms with Crippen molar-refractivity contribution in [3.63, 3.8) is 0 Å². The monoisotopic (exact) mass is 254 g/mol. The number of aliphatic hydroxyl groups excluding tert-OH is 2. The van der Waals surface area contributed by atoms with E-state index in [1.807, 2.05) is 0 Å².